The molecule has 2 aliphatic rings. The van der Waals surface area contributed by atoms with Gasteiger partial charge < -0.3 is 10.0 Å². The Kier molecular flexibility index (Phi) is 3.47. The Hall–Kier alpha value is -0.340. The second kappa shape index (κ2) is 4.67. The quantitative estimate of drug-likeness (QED) is 0.704. The first-order valence-corrected chi connectivity index (χ1v) is 6.24. The lowest BCUT2D eigenvalue weighted by atomic mass is 9.80. The highest BCUT2D eigenvalue weighted by Crippen LogP contribution is 2.31. The van der Waals surface area contributed by atoms with Crippen molar-refractivity contribution in [2.75, 3.05) is 19.6 Å². The molecule has 0 spiro atoms. The van der Waals surface area contributed by atoms with E-state index in [2.05, 4.69) is 24.8 Å². The summed E-state index contributed by atoms with van der Waals surface area (Å²) in [4.78, 5) is 2.43. The van der Waals surface area contributed by atoms with Gasteiger partial charge in [0.2, 0.25) is 0 Å². The minimum atomic E-state index is -0.0758. The van der Waals surface area contributed by atoms with Crippen LogP contribution in [-0.2, 0) is 0 Å². The average Bonchev–Trinajstić information content (AvgIpc) is 2.58. The van der Waals surface area contributed by atoms with Crippen molar-refractivity contribution in [3.8, 4) is 0 Å². The predicted octanol–water partition coefficient (Wildman–Crippen LogP) is 2.05. The maximum Gasteiger partial charge on any atom is 0.0679 e. The topological polar surface area (TPSA) is 23.5 Å². The Morgan fingerprint density at radius 1 is 1.47 bits per heavy atom. The van der Waals surface area contributed by atoms with Gasteiger partial charge in [0.15, 0.2) is 0 Å². The van der Waals surface area contributed by atoms with Gasteiger partial charge in [-0.3, -0.25) is 0 Å². The van der Waals surface area contributed by atoms with E-state index in [9.17, 15) is 5.11 Å². The van der Waals surface area contributed by atoms with Crippen molar-refractivity contribution in [3.63, 3.8) is 0 Å². The van der Waals surface area contributed by atoms with Crippen LogP contribution in [0.25, 0.3) is 0 Å². The highest BCUT2D eigenvalue weighted by Gasteiger charge is 2.27. The molecule has 1 aliphatic heterocycles. The minimum absolute atomic E-state index is 0.0758. The average molecular weight is 209 g/mol. The Balaban J connectivity index is 1.92. The van der Waals surface area contributed by atoms with Crippen LogP contribution in [0.5, 0.6) is 0 Å². The molecule has 2 rings (SSSR count). The molecular weight excluding hydrogens is 186 g/mol. The van der Waals surface area contributed by atoms with Gasteiger partial charge in [0.25, 0.3) is 0 Å². The first-order chi connectivity index (χ1) is 7.16. The normalized spacial score (nSPS) is 38.1. The van der Waals surface area contributed by atoms with E-state index in [1.54, 1.807) is 5.57 Å². The maximum atomic E-state index is 9.50. The summed E-state index contributed by atoms with van der Waals surface area (Å²) in [6, 6.07) is 0. The van der Waals surface area contributed by atoms with Gasteiger partial charge in [-0.25, -0.2) is 0 Å². The minimum Gasteiger partial charge on any atom is -0.392 e. The summed E-state index contributed by atoms with van der Waals surface area (Å²) in [6.45, 7) is 7.76. The highest BCUT2D eigenvalue weighted by atomic mass is 16.3. The van der Waals surface area contributed by atoms with Crippen molar-refractivity contribution in [1.82, 2.24) is 4.90 Å². The van der Waals surface area contributed by atoms with Crippen molar-refractivity contribution < 1.29 is 5.11 Å². The number of aliphatic hydroxyl groups excluding tert-OH is 1. The number of rotatable bonds is 2. The summed E-state index contributed by atoms with van der Waals surface area (Å²) in [7, 11) is 0. The number of hydrogen-bond acceptors (Lipinski definition) is 2. The van der Waals surface area contributed by atoms with E-state index >= 15 is 0 Å². The van der Waals surface area contributed by atoms with Crippen LogP contribution in [0.2, 0.25) is 0 Å². The van der Waals surface area contributed by atoms with Crippen LogP contribution in [0.1, 0.15) is 33.1 Å². The molecule has 0 unspecified atom stereocenters. The van der Waals surface area contributed by atoms with Crippen LogP contribution in [0.4, 0.5) is 0 Å². The van der Waals surface area contributed by atoms with E-state index in [1.807, 2.05) is 0 Å². The monoisotopic (exact) mass is 209 g/mol. The molecule has 1 fully saturated rings. The lowest BCUT2D eigenvalue weighted by Gasteiger charge is -2.32. The zero-order valence-electron chi connectivity index (χ0n) is 9.95. The van der Waals surface area contributed by atoms with Crippen molar-refractivity contribution in [3.05, 3.63) is 11.6 Å². The molecule has 0 aromatic carbocycles. The molecular formula is C13H23NO. The summed E-state index contributed by atoms with van der Waals surface area (Å²) in [5.41, 5.74) is 1.56. The molecule has 0 aromatic heterocycles. The molecule has 0 radical (unpaired) electrons. The predicted molar refractivity (Wildman–Crippen MR) is 62.7 cm³/mol. The highest BCUT2D eigenvalue weighted by molar-refractivity contribution is 5.09. The first kappa shape index (κ1) is 11.2. The summed E-state index contributed by atoms with van der Waals surface area (Å²) >= 11 is 0. The molecule has 0 aromatic rings. The van der Waals surface area contributed by atoms with Gasteiger partial charge in [-0.1, -0.05) is 18.6 Å². The second-order valence-electron chi connectivity index (χ2n) is 5.31. The third-order valence-electron chi connectivity index (χ3n) is 4.06. The fourth-order valence-electron chi connectivity index (χ4n) is 2.96. The summed E-state index contributed by atoms with van der Waals surface area (Å²) in [5.74, 6) is 1.54. The molecule has 1 N–H and O–H groups in total. The van der Waals surface area contributed by atoms with Gasteiger partial charge >= 0.3 is 0 Å². The molecule has 86 valence electrons. The smallest absolute Gasteiger partial charge is 0.0679 e. The number of β-amino-alcohol motifs (C(OH)–C–C–N with tert-alkyl or cyclic N) is 1. The molecule has 1 saturated heterocycles. The Morgan fingerprint density at radius 2 is 2.27 bits per heavy atom. The molecule has 0 amide bonds. The number of hydrogen-bond donors (Lipinski definition) is 1. The molecule has 0 bridgehead atoms. The number of aliphatic hydroxyl groups is 1. The zero-order chi connectivity index (χ0) is 10.8. The Morgan fingerprint density at radius 3 is 2.87 bits per heavy atom. The van der Waals surface area contributed by atoms with Crippen molar-refractivity contribution in [1.29, 1.82) is 0 Å². The molecule has 1 aliphatic carbocycles. The van der Waals surface area contributed by atoms with Gasteiger partial charge in [0.1, 0.15) is 0 Å². The second-order valence-corrected chi connectivity index (χ2v) is 5.31. The van der Waals surface area contributed by atoms with Gasteiger partial charge in [0.05, 0.1) is 6.10 Å². The van der Waals surface area contributed by atoms with Gasteiger partial charge in [-0.2, -0.15) is 0 Å². The van der Waals surface area contributed by atoms with Gasteiger partial charge in [0, 0.05) is 19.6 Å². The lowest BCUT2D eigenvalue weighted by molar-refractivity contribution is 0.165. The third-order valence-corrected chi connectivity index (χ3v) is 4.06. The standard InChI is InChI=1S/C13H23NO/c1-10-4-3-5-11(2)13(10)9-14-7-6-12(15)8-14/h4,11-13,15H,3,5-9H2,1-2H3/t11-,12+,13+/m1/s1. The van der Waals surface area contributed by atoms with Crippen LogP contribution in [-0.4, -0.2) is 35.7 Å². The fourth-order valence-corrected chi connectivity index (χ4v) is 2.96. The number of allylic oxidation sites excluding steroid dienone is 1. The number of likely N-dealkylation sites (tertiary alicyclic amines) is 1. The fraction of sp³-hybridized carbons (Fsp3) is 0.846. The molecule has 3 atom stereocenters. The van der Waals surface area contributed by atoms with E-state index in [0.29, 0.717) is 0 Å². The van der Waals surface area contributed by atoms with Crippen molar-refractivity contribution >= 4 is 0 Å². The van der Waals surface area contributed by atoms with Gasteiger partial charge in [-0.15, -0.1) is 0 Å². The van der Waals surface area contributed by atoms with Gasteiger partial charge in [-0.05, 0) is 38.0 Å². The van der Waals surface area contributed by atoms with Crippen LogP contribution < -0.4 is 0 Å². The van der Waals surface area contributed by atoms with Crippen molar-refractivity contribution in [2.45, 2.75) is 39.2 Å². The molecule has 1 heterocycles. The summed E-state index contributed by atoms with van der Waals surface area (Å²) in [6.07, 6.45) is 5.87. The Bertz CT molecular complexity index is 249. The number of nitrogens with zero attached hydrogens (tertiary/aromatic N) is 1. The van der Waals surface area contributed by atoms with Crippen molar-refractivity contribution in [2.24, 2.45) is 11.8 Å². The Labute approximate surface area is 93.0 Å². The van der Waals surface area contributed by atoms with E-state index in [-0.39, 0.29) is 6.10 Å². The summed E-state index contributed by atoms with van der Waals surface area (Å²) < 4.78 is 0. The van der Waals surface area contributed by atoms with Crippen LogP contribution in [0, 0.1) is 11.8 Å². The largest absolute Gasteiger partial charge is 0.392 e. The van der Waals surface area contributed by atoms with E-state index in [4.69, 9.17) is 0 Å². The maximum absolute atomic E-state index is 9.50. The third kappa shape index (κ3) is 2.61. The van der Waals surface area contributed by atoms with Crippen LogP contribution in [0.3, 0.4) is 0 Å². The molecule has 0 saturated carbocycles. The SMILES string of the molecule is CC1=CCC[C@@H](C)[C@H]1CN1CC[C@H](O)C1. The van der Waals surface area contributed by atoms with Crippen LogP contribution in [0.15, 0.2) is 11.6 Å². The van der Waals surface area contributed by atoms with E-state index in [1.165, 1.54) is 12.8 Å². The van der Waals surface area contributed by atoms with E-state index < -0.39 is 0 Å². The van der Waals surface area contributed by atoms with E-state index in [0.717, 1.165) is 37.9 Å². The van der Waals surface area contributed by atoms with Crippen LogP contribution >= 0.6 is 0 Å². The molecule has 2 heteroatoms. The lowest BCUT2D eigenvalue weighted by Crippen LogP contribution is -2.33. The first-order valence-electron chi connectivity index (χ1n) is 6.24. The zero-order valence-corrected chi connectivity index (χ0v) is 9.95. The summed E-state index contributed by atoms with van der Waals surface area (Å²) in [5, 5.41) is 9.50. The molecule has 15 heavy (non-hydrogen) atoms. The molecule has 2 nitrogen and oxygen atoms in total.